The average molecular weight is 276 g/mol. The van der Waals surface area contributed by atoms with E-state index in [-0.39, 0.29) is 23.0 Å². The van der Waals surface area contributed by atoms with Crippen LogP contribution in [0.5, 0.6) is 0 Å². The molecule has 0 amide bonds. The van der Waals surface area contributed by atoms with Crippen LogP contribution in [0.4, 0.5) is 8.78 Å². The first-order chi connectivity index (χ1) is 8.49. The lowest BCUT2D eigenvalue weighted by molar-refractivity contribution is 0.0465. The topological polar surface area (TPSA) is 21.3 Å². The van der Waals surface area contributed by atoms with Gasteiger partial charge in [0.05, 0.1) is 13.2 Å². The molecule has 0 radical (unpaired) electrons. The highest BCUT2D eigenvalue weighted by molar-refractivity contribution is 6.30. The summed E-state index contributed by atoms with van der Waals surface area (Å²) in [5.41, 5.74) is -1.70. The summed E-state index contributed by atoms with van der Waals surface area (Å²) in [6.07, 6.45) is 0.172. The maximum atomic E-state index is 14.6. The molecule has 2 rings (SSSR count). The maximum absolute atomic E-state index is 14.6. The maximum Gasteiger partial charge on any atom is 0.137 e. The van der Waals surface area contributed by atoms with Gasteiger partial charge in [-0.3, -0.25) is 0 Å². The molecule has 2 nitrogen and oxygen atoms in total. The van der Waals surface area contributed by atoms with Gasteiger partial charge in [0.1, 0.15) is 11.5 Å². The van der Waals surface area contributed by atoms with Crippen LogP contribution in [0.1, 0.15) is 18.9 Å². The molecule has 0 aliphatic carbocycles. The SMILES string of the molecule is CC(F)(CC1COCCN1)c1ccc(Cl)cc1F. The molecule has 2 unspecified atom stereocenters. The summed E-state index contributed by atoms with van der Waals surface area (Å²) in [4.78, 5) is 0. The molecule has 1 N–H and O–H groups in total. The van der Waals surface area contributed by atoms with E-state index in [4.69, 9.17) is 16.3 Å². The number of rotatable bonds is 3. The van der Waals surface area contributed by atoms with Crippen molar-refractivity contribution in [3.05, 3.63) is 34.6 Å². The number of benzene rings is 1. The van der Waals surface area contributed by atoms with E-state index in [9.17, 15) is 8.78 Å². The van der Waals surface area contributed by atoms with Crippen molar-refractivity contribution in [2.45, 2.75) is 25.1 Å². The molecular weight excluding hydrogens is 260 g/mol. The second-order valence-electron chi connectivity index (χ2n) is 4.75. The molecule has 1 aliphatic heterocycles. The van der Waals surface area contributed by atoms with Crippen LogP contribution in [0.2, 0.25) is 5.02 Å². The molecule has 0 saturated carbocycles. The molecule has 1 aromatic carbocycles. The molecule has 1 fully saturated rings. The van der Waals surface area contributed by atoms with Crippen LogP contribution in [0.15, 0.2) is 18.2 Å². The fourth-order valence-corrected chi connectivity index (χ4v) is 2.39. The summed E-state index contributed by atoms with van der Waals surface area (Å²) < 4.78 is 33.6. The van der Waals surface area contributed by atoms with E-state index in [1.807, 2.05) is 0 Å². The Bertz CT molecular complexity index is 419. The summed E-state index contributed by atoms with van der Waals surface area (Å²) >= 11 is 5.66. The summed E-state index contributed by atoms with van der Waals surface area (Å²) in [5.74, 6) is -0.607. The van der Waals surface area contributed by atoms with Crippen LogP contribution in [0.25, 0.3) is 0 Å². The van der Waals surface area contributed by atoms with E-state index in [1.165, 1.54) is 19.1 Å². The van der Waals surface area contributed by atoms with Crippen molar-refractivity contribution in [2.75, 3.05) is 19.8 Å². The molecular formula is C13H16ClF2NO. The Morgan fingerprint density at radius 1 is 1.56 bits per heavy atom. The molecule has 0 spiro atoms. The molecule has 1 aromatic rings. The second-order valence-corrected chi connectivity index (χ2v) is 5.19. The van der Waals surface area contributed by atoms with Gasteiger partial charge in [0.15, 0.2) is 0 Å². The van der Waals surface area contributed by atoms with Crippen molar-refractivity contribution in [1.82, 2.24) is 5.32 Å². The van der Waals surface area contributed by atoms with Gasteiger partial charge in [-0.25, -0.2) is 8.78 Å². The van der Waals surface area contributed by atoms with E-state index >= 15 is 0 Å². The predicted molar refractivity (Wildman–Crippen MR) is 67.1 cm³/mol. The Hall–Kier alpha value is -0.710. The molecule has 18 heavy (non-hydrogen) atoms. The smallest absolute Gasteiger partial charge is 0.137 e. The van der Waals surface area contributed by atoms with E-state index < -0.39 is 11.5 Å². The Morgan fingerprint density at radius 2 is 2.33 bits per heavy atom. The van der Waals surface area contributed by atoms with Gasteiger partial charge >= 0.3 is 0 Å². The summed E-state index contributed by atoms with van der Waals surface area (Å²) in [6, 6.07) is 3.95. The lowest BCUT2D eigenvalue weighted by Crippen LogP contribution is -2.44. The van der Waals surface area contributed by atoms with Gasteiger partial charge in [0.25, 0.3) is 0 Å². The molecule has 1 heterocycles. The number of alkyl halides is 1. The van der Waals surface area contributed by atoms with Gasteiger partial charge in [-0.15, -0.1) is 0 Å². The minimum Gasteiger partial charge on any atom is -0.379 e. The molecule has 1 aliphatic rings. The Morgan fingerprint density at radius 3 is 2.94 bits per heavy atom. The zero-order valence-electron chi connectivity index (χ0n) is 10.2. The number of hydrogen-bond donors (Lipinski definition) is 1. The highest BCUT2D eigenvalue weighted by Crippen LogP contribution is 2.33. The van der Waals surface area contributed by atoms with Gasteiger partial charge in [-0.2, -0.15) is 0 Å². The number of nitrogens with one attached hydrogen (secondary N) is 1. The van der Waals surface area contributed by atoms with Crippen LogP contribution < -0.4 is 5.32 Å². The monoisotopic (exact) mass is 275 g/mol. The van der Waals surface area contributed by atoms with E-state index in [2.05, 4.69) is 5.32 Å². The van der Waals surface area contributed by atoms with Gasteiger partial charge in [0.2, 0.25) is 0 Å². The third-order valence-electron chi connectivity index (χ3n) is 3.12. The third kappa shape index (κ3) is 3.19. The lowest BCUT2D eigenvalue weighted by Gasteiger charge is -2.30. The fourth-order valence-electron chi connectivity index (χ4n) is 2.24. The van der Waals surface area contributed by atoms with Gasteiger partial charge in [-0.05, 0) is 19.1 Å². The quantitative estimate of drug-likeness (QED) is 0.915. The van der Waals surface area contributed by atoms with Crippen molar-refractivity contribution >= 4 is 11.6 Å². The molecule has 100 valence electrons. The fraction of sp³-hybridized carbons (Fsp3) is 0.538. The van der Waals surface area contributed by atoms with Crippen LogP contribution in [0, 0.1) is 5.82 Å². The molecule has 1 saturated heterocycles. The Labute approximate surface area is 110 Å². The number of morpholine rings is 1. The number of halogens is 3. The standard InChI is InChI=1S/C13H16ClF2NO/c1-13(16,7-10-8-18-5-4-17-10)11-3-2-9(14)6-12(11)15/h2-3,6,10,17H,4-5,7-8H2,1H3. The van der Waals surface area contributed by atoms with Crippen molar-refractivity contribution in [1.29, 1.82) is 0 Å². The van der Waals surface area contributed by atoms with Crippen LogP contribution >= 0.6 is 11.6 Å². The largest absolute Gasteiger partial charge is 0.379 e. The van der Waals surface area contributed by atoms with Crippen LogP contribution in [-0.2, 0) is 10.4 Å². The van der Waals surface area contributed by atoms with Crippen molar-refractivity contribution in [3.63, 3.8) is 0 Å². The van der Waals surface area contributed by atoms with E-state index in [0.717, 1.165) is 6.07 Å². The number of ether oxygens (including phenoxy) is 1. The summed E-state index contributed by atoms with van der Waals surface area (Å²) in [6.45, 7) is 3.17. The van der Waals surface area contributed by atoms with Gasteiger partial charge in [0, 0.05) is 29.6 Å². The minimum atomic E-state index is -1.74. The average Bonchev–Trinajstić information content (AvgIpc) is 2.29. The Kier molecular flexibility index (Phi) is 4.20. The summed E-state index contributed by atoms with van der Waals surface area (Å²) in [7, 11) is 0. The summed E-state index contributed by atoms with van der Waals surface area (Å²) in [5, 5.41) is 3.43. The van der Waals surface area contributed by atoms with E-state index in [1.54, 1.807) is 0 Å². The highest BCUT2D eigenvalue weighted by Gasteiger charge is 2.33. The van der Waals surface area contributed by atoms with Crippen molar-refractivity contribution in [3.8, 4) is 0 Å². The first kappa shape index (κ1) is 13.7. The molecule has 0 aromatic heterocycles. The Balaban J connectivity index is 2.13. The predicted octanol–water partition coefficient (Wildman–Crippen LogP) is 3.04. The minimum absolute atomic E-state index is 0.0410. The second kappa shape index (κ2) is 5.51. The highest BCUT2D eigenvalue weighted by atomic mass is 35.5. The van der Waals surface area contributed by atoms with Gasteiger partial charge < -0.3 is 10.1 Å². The zero-order chi connectivity index (χ0) is 13.2. The lowest BCUT2D eigenvalue weighted by atomic mass is 9.90. The molecule has 2 atom stereocenters. The van der Waals surface area contributed by atoms with Crippen molar-refractivity contribution in [2.24, 2.45) is 0 Å². The first-order valence-electron chi connectivity index (χ1n) is 5.94. The van der Waals surface area contributed by atoms with Crippen LogP contribution in [0.3, 0.4) is 0 Å². The third-order valence-corrected chi connectivity index (χ3v) is 3.36. The van der Waals surface area contributed by atoms with Gasteiger partial charge in [-0.1, -0.05) is 17.7 Å². The molecule has 5 heteroatoms. The van der Waals surface area contributed by atoms with Crippen LogP contribution in [-0.4, -0.2) is 25.8 Å². The van der Waals surface area contributed by atoms with E-state index in [0.29, 0.717) is 19.8 Å². The van der Waals surface area contributed by atoms with Crippen molar-refractivity contribution < 1.29 is 13.5 Å². The number of hydrogen-bond acceptors (Lipinski definition) is 2. The molecule has 0 bridgehead atoms. The zero-order valence-corrected chi connectivity index (χ0v) is 10.9. The first-order valence-corrected chi connectivity index (χ1v) is 6.32. The normalized spacial score (nSPS) is 23.7.